The number of anilines is 1. The van der Waals surface area contributed by atoms with Crippen LogP contribution in [-0.4, -0.2) is 26.8 Å². The van der Waals surface area contributed by atoms with E-state index < -0.39 is 11.9 Å². The summed E-state index contributed by atoms with van der Waals surface area (Å²) in [5, 5.41) is 21.1. The quantitative estimate of drug-likeness (QED) is 0.258. The summed E-state index contributed by atoms with van der Waals surface area (Å²) in [5.41, 5.74) is 2.79. The molecule has 10 heteroatoms. The Bertz CT molecular complexity index is 1480. The van der Waals surface area contributed by atoms with Crippen molar-refractivity contribution < 1.29 is 19.1 Å². The molecule has 0 saturated heterocycles. The van der Waals surface area contributed by atoms with Gasteiger partial charge in [-0.2, -0.15) is 9.78 Å². The predicted molar refractivity (Wildman–Crippen MR) is 140 cm³/mol. The minimum Gasteiger partial charge on any atom is -0.507 e. The number of phenols is 1. The van der Waals surface area contributed by atoms with Gasteiger partial charge in [0.05, 0.1) is 27.0 Å². The number of carbonyl (C=O) groups excluding carboxylic acids is 2. The first-order valence-corrected chi connectivity index (χ1v) is 12.3. The van der Waals surface area contributed by atoms with E-state index in [0.29, 0.717) is 16.9 Å². The second-order valence-corrected chi connectivity index (χ2v) is 9.52. The number of hydrogen-bond acceptors (Lipinski definition) is 4. The van der Waals surface area contributed by atoms with Crippen LogP contribution >= 0.6 is 23.2 Å². The summed E-state index contributed by atoms with van der Waals surface area (Å²) >= 11 is 12.2. The Morgan fingerprint density at radius 3 is 2.38 bits per heavy atom. The van der Waals surface area contributed by atoms with Crippen LogP contribution < -0.4 is 10.6 Å². The number of amides is 2. The van der Waals surface area contributed by atoms with Crippen LogP contribution in [0, 0.1) is 5.82 Å². The normalized spacial score (nSPS) is 12.8. The summed E-state index contributed by atoms with van der Waals surface area (Å²) in [5.74, 6) is -0.776. The van der Waals surface area contributed by atoms with Gasteiger partial charge in [-0.3, -0.25) is 4.79 Å². The van der Waals surface area contributed by atoms with Crippen LogP contribution in [0.3, 0.4) is 0 Å². The van der Waals surface area contributed by atoms with Crippen LogP contribution in [0.25, 0.3) is 11.3 Å². The lowest BCUT2D eigenvalue weighted by atomic mass is 10.1. The molecule has 188 valence electrons. The van der Waals surface area contributed by atoms with Gasteiger partial charge in [0.2, 0.25) is 0 Å². The lowest BCUT2D eigenvalue weighted by molar-refractivity contribution is 0.102. The monoisotopic (exact) mass is 538 g/mol. The molecular formula is C27H21Cl2FN4O3. The topological polar surface area (TPSA) is 96.3 Å². The van der Waals surface area contributed by atoms with Crippen molar-refractivity contribution >= 4 is 40.8 Å². The zero-order chi connectivity index (χ0) is 26.1. The number of benzene rings is 3. The number of carbonyl (C=O) groups is 2. The Morgan fingerprint density at radius 1 is 1.03 bits per heavy atom. The molecule has 1 aromatic heterocycles. The first-order chi connectivity index (χ1) is 17.8. The molecule has 3 N–H and O–H groups in total. The van der Waals surface area contributed by atoms with E-state index in [9.17, 15) is 19.1 Å². The van der Waals surface area contributed by atoms with Crippen molar-refractivity contribution in [2.24, 2.45) is 0 Å². The maximum absolute atomic E-state index is 13.1. The molecule has 2 amide bonds. The molecule has 5 rings (SSSR count). The van der Waals surface area contributed by atoms with Crippen LogP contribution in [0.15, 0.2) is 66.7 Å². The van der Waals surface area contributed by atoms with Gasteiger partial charge in [-0.1, -0.05) is 41.4 Å². The van der Waals surface area contributed by atoms with Crippen LogP contribution in [-0.2, 0) is 6.54 Å². The van der Waals surface area contributed by atoms with Crippen molar-refractivity contribution in [2.45, 2.75) is 25.3 Å². The highest BCUT2D eigenvalue weighted by atomic mass is 35.5. The molecule has 37 heavy (non-hydrogen) atoms. The number of phenolic OH excluding ortho intramolecular Hbond substituents is 1. The summed E-state index contributed by atoms with van der Waals surface area (Å²) in [7, 11) is 0. The average molecular weight is 539 g/mol. The third-order valence-electron chi connectivity index (χ3n) is 6.00. The van der Waals surface area contributed by atoms with Crippen molar-refractivity contribution in [3.8, 4) is 17.0 Å². The Hall–Kier alpha value is -3.88. The van der Waals surface area contributed by atoms with Gasteiger partial charge in [0.15, 0.2) is 0 Å². The van der Waals surface area contributed by atoms with E-state index in [1.54, 1.807) is 48.5 Å². The first kappa shape index (κ1) is 24.8. The van der Waals surface area contributed by atoms with E-state index in [-0.39, 0.29) is 39.6 Å². The fraction of sp³-hybridized carbons (Fsp3) is 0.148. The lowest BCUT2D eigenvalue weighted by Crippen LogP contribution is -2.30. The van der Waals surface area contributed by atoms with Crippen molar-refractivity contribution in [1.82, 2.24) is 15.1 Å². The number of nitrogens with zero attached hydrogens (tertiary/aromatic N) is 2. The van der Waals surface area contributed by atoms with Gasteiger partial charge in [0.1, 0.15) is 11.6 Å². The molecule has 4 aromatic rings. The molecule has 0 radical (unpaired) electrons. The molecule has 0 spiro atoms. The number of hydrogen-bond donors (Lipinski definition) is 3. The highest BCUT2D eigenvalue weighted by Gasteiger charge is 2.30. The largest absolute Gasteiger partial charge is 0.507 e. The molecule has 1 aliphatic rings. The molecule has 3 aromatic carbocycles. The van der Waals surface area contributed by atoms with Gasteiger partial charge in [0.25, 0.3) is 5.91 Å². The molecule has 1 fully saturated rings. The summed E-state index contributed by atoms with van der Waals surface area (Å²) in [4.78, 5) is 25.6. The molecule has 0 unspecified atom stereocenters. The molecule has 7 nitrogen and oxygen atoms in total. The molecule has 0 aliphatic heterocycles. The van der Waals surface area contributed by atoms with Crippen molar-refractivity contribution in [3.63, 3.8) is 0 Å². The highest BCUT2D eigenvalue weighted by molar-refractivity contribution is 6.40. The highest BCUT2D eigenvalue weighted by Crippen LogP contribution is 2.42. The van der Waals surface area contributed by atoms with Gasteiger partial charge in [0, 0.05) is 29.8 Å². The van der Waals surface area contributed by atoms with Gasteiger partial charge in [-0.15, -0.1) is 0 Å². The molecular weight excluding hydrogens is 518 g/mol. The summed E-state index contributed by atoms with van der Waals surface area (Å²) in [6.45, 7) is 0.216. The minimum absolute atomic E-state index is 0.123. The predicted octanol–water partition coefficient (Wildman–Crippen LogP) is 6.59. The fourth-order valence-corrected chi connectivity index (χ4v) is 4.52. The van der Waals surface area contributed by atoms with E-state index in [1.807, 2.05) is 0 Å². The van der Waals surface area contributed by atoms with Gasteiger partial charge >= 0.3 is 6.03 Å². The Kier molecular flexibility index (Phi) is 6.86. The second kappa shape index (κ2) is 10.2. The zero-order valence-corrected chi connectivity index (χ0v) is 20.9. The van der Waals surface area contributed by atoms with E-state index in [4.69, 9.17) is 23.2 Å². The minimum atomic E-state index is -0.513. The number of nitrogens with one attached hydrogen (secondary N) is 2. The van der Waals surface area contributed by atoms with E-state index >= 15 is 0 Å². The Balaban J connectivity index is 1.35. The summed E-state index contributed by atoms with van der Waals surface area (Å²) in [6, 6.07) is 16.6. The lowest BCUT2D eigenvalue weighted by Gasteiger charge is -2.10. The number of halogens is 3. The van der Waals surface area contributed by atoms with E-state index in [2.05, 4.69) is 15.7 Å². The summed E-state index contributed by atoms with van der Waals surface area (Å²) in [6.07, 6.45) is 1.88. The fourth-order valence-electron chi connectivity index (χ4n) is 3.95. The van der Waals surface area contributed by atoms with Gasteiger partial charge < -0.3 is 15.7 Å². The second-order valence-electron chi connectivity index (χ2n) is 8.71. The van der Waals surface area contributed by atoms with Crippen LogP contribution in [0.5, 0.6) is 5.75 Å². The van der Waals surface area contributed by atoms with E-state index in [1.165, 1.54) is 22.9 Å². The number of rotatable bonds is 6. The van der Waals surface area contributed by atoms with Crippen molar-refractivity contribution in [2.75, 3.05) is 5.32 Å². The average Bonchev–Trinajstić information content (AvgIpc) is 3.62. The zero-order valence-electron chi connectivity index (χ0n) is 19.3. The van der Waals surface area contributed by atoms with Crippen molar-refractivity contribution in [3.05, 3.63) is 99.4 Å². The Morgan fingerprint density at radius 2 is 1.73 bits per heavy atom. The maximum atomic E-state index is 13.1. The maximum Gasteiger partial charge on any atom is 0.342 e. The third-order valence-corrected chi connectivity index (χ3v) is 6.63. The number of aromatic nitrogens is 2. The van der Waals surface area contributed by atoms with Crippen LogP contribution in [0.2, 0.25) is 10.0 Å². The van der Waals surface area contributed by atoms with Crippen LogP contribution in [0.4, 0.5) is 14.9 Å². The number of aromatic hydroxyl groups is 1. The van der Waals surface area contributed by atoms with Crippen molar-refractivity contribution in [1.29, 1.82) is 0 Å². The molecule has 1 aliphatic carbocycles. The molecule has 0 bridgehead atoms. The first-order valence-electron chi connectivity index (χ1n) is 11.5. The standard InChI is InChI=1S/C27H21Cl2FN4O3/c28-20-2-1-3-21(29)25(20)26(36)32-18-10-11-19(24(35)12-18)22-13-23(16-6-7-16)34(33-22)27(37)31-14-15-4-8-17(30)9-5-15/h1-5,8-13,16,35H,6-7,14H2,(H,31,37)(H,32,36). The molecule has 1 saturated carbocycles. The Labute approximate surface area is 221 Å². The van der Waals surface area contributed by atoms with Gasteiger partial charge in [-0.05, 0) is 60.9 Å². The smallest absolute Gasteiger partial charge is 0.342 e. The van der Waals surface area contributed by atoms with Crippen LogP contribution in [0.1, 0.15) is 40.4 Å². The molecule has 1 heterocycles. The SMILES string of the molecule is O=C(Nc1ccc(-c2cc(C3CC3)n(C(=O)NCc3ccc(F)cc3)n2)c(O)c1)c1c(Cl)cccc1Cl. The van der Waals surface area contributed by atoms with Gasteiger partial charge in [-0.25, -0.2) is 9.18 Å². The summed E-state index contributed by atoms with van der Waals surface area (Å²) < 4.78 is 14.5. The molecule has 0 atom stereocenters. The van der Waals surface area contributed by atoms with E-state index in [0.717, 1.165) is 24.1 Å². The third kappa shape index (κ3) is 5.45.